The van der Waals surface area contributed by atoms with Gasteiger partial charge < -0.3 is 20.1 Å². The Hall–Kier alpha value is -1.91. The number of phenols is 3. The summed E-state index contributed by atoms with van der Waals surface area (Å²) in [6.45, 7) is 6.16. The van der Waals surface area contributed by atoms with Crippen LogP contribution in [0.4, 0.5) is 0 Å². The average molecular weight is 310 g/mol. The Morgan fingerprint density at radius 3 is 2.45 bits per heavy atom. The van der Waals surface area contributed by atoms with Crippen molar-refractivity contribution in [1.29, 1.82) is 0 Å². The molecule has 0 saturated carbocycles. The first-order valence-electron chi connectivity index (χ1n) is 7.82. The van der Waals surface area contributed by atoms with Gasteiger partial charge in [-0.3, -0.25) is 4.79 Å². The van der Waals surface area contributed by atoms with E-state index in [1.54, 1.807) is 6.92 Å². The van der Waals surface area contributed by atoms with Crippen molar-refractivity contribution >= 4 is 5.97 Å². The van der Waals surface area contributed by atoms with Gasteiger partial charge in [0.2, 0.25) is 5.75 Å². The molecule has 1 aromatic rings. The number of esters is 1. The van der Waals surface area contributed by atoms with Crippen molar-refractivity contribution in [3.8, 4) is 17.2 Å². The molecule has 1 rings (SSSR count). The molecule has 0 spiro atoms. The molecular formula is C17H26O5. The van der Waals surface area contributed by atoms with E-state index in [9.17, 15) is 20.1 Å². The summed E-state index contributed by atoms with van der Waals surface area (Å²) in [7, 11) is 0. The molecule has 5 heteroatoms. The number of carbonyl (C=O) groups is 1. The summed E-state index contributed by atoms with van der Waals surface area (Å²) in [6.07, 6.45) is 4.20. The molecule has 2 atom stereocenters. The molecule has 0 heterocycles. The molecule has 124 valence electrons. The molecule has 0 aliphatic carbocycles. The van der Waals surface area contributed by atoms with Crippen LogP contribution in [0.3, 0.4) is 0 Å². The van der Waals surface area contributed by atoms with E-state index < -0.39 is 29.1 Å². The van der Waals surface area contributed by atoms with Gasteiger partial charge in [-0.25, -0.2) is 0 Å². The molecule has 0 aliphatic heterocycles. The molecule has 5 nitrogen and oxygen atoms in total. The predicted octanol–water partition coefficient (Wildman–Crippen LogP) is 3.67. The van der Waals surface area contributed by atoms with Crippen LogP contribution in [0.5, 0.6) is 17.2 Å². The van der Waals surface area contributed by atoms with Gasteiger partial charge in [-0.2, -0.15) is 0 Å². The number of rotatable bonds is 8. The molecule has 0 aliphatic rings. The number of benzene rings is 1. The topological polar surface area (TPSA) is 87.0 Å². The third kappa shape index (κ3) is 4.55. The minimum atomic E-state index is -0.713. The number of ether oxygens (including phenoxy) is 1. The number of unbranched alkanes of at least 4 members (excludes halogenated alkanes) is 1. The Labute approximate surface area is 131 Å². The maximum Gasteiger partial charge on any atom is 0.313 e. The summed E-state index contributed by atoms with van der Waals surface area (Å²) >= 11 is 0. The number of carbonyl (C=O) groups excluding carboxylic acids is 1. The molecule has 0 fully saturated rings. The van der Waals surface area contributed by atoms with Crippen molar-refractivity contribution in [1.82, 2.24) is 0 Å². The molecule has 0 bridgehead atoms. The van der Waals surface area contributed by atoms with E-state index in [1.807, 2.05) is 0 Å². The molecule has 1 aromatic carbocycles. The highest BCUT2D eigenvalue weighted by Gasteiger charge is 2.23. The molecular weight excluding hydrogens is 284 g/mol. The summed E-state index contributed by atoms with van der Waals surface area (Å²) in [5.41, 5.74) is 0.238. The second-order valence-corrected chi connectivity index (χ2v) is 5.64. The maximum atomic E-state index is 12.1. The zero-order valence-corrected chi connectivity index (χ0v) is 13.5. The Bertz CT molecular complexity index is 498. The van der Waals surface area contributed by atoms with Crippen LogP contribution in [0.1, 0.15) is 57.9 Å². The van der Waals surface area contributed by atoms with Crippen molar-refractivity contribution < 1.29 is 24.9 Å². The SMILES string of the molecule is CCCCC(CC)COC(=O)C(C)c1ccc(O)c(O)c1O. The summed E-state index contributed by atoms with van der Waals surface area (Å²) in [4.78, 5) is 12.1. The van der Waals surface area contributed by atoms with E-state index >= 15 is 0 Å². The molecule has 2 unspecified atom stereocenters. The highest BCUT2D eigenvalue weighted by molar-refractivity contribution is 5.79. The van der Waals surface area contributed by atoms with Gasteiger partial charge in [0.25, 0.3) is 0 Å². The molecule has 0 aromatic heterocycles. The van der Waals surface area contributed by atoms with E-state index in [0.717, 1.165) is 25.7 Å². The predicted molar refractivity (Wildman–Crippen MR) is 84.1 cm³/mol. The van der Waals surface area contributed by atoms with Crippen LogP contribution in [0.25, 0.3) is 0 Å². The zero-order chi connectivity index (χ0) is 16.7. The maximum absolute atomic E-state index is 12.1. The average Bonchev–Trinajstić information content (AvgIpc) is 2.52. The third-order valence-electron chi connectivity index (χ3n) is 3.99. The number of hydrogen-bond acceptors (Lipinski definition) is 5. The lowest BCUT2D eigenvalue weighted by Crippen LogP contribution is -2.18. The van der Waals surface area contributed by atoms with Crippen LogP contribution < -0.4 is 0 Å². The molecule has 0 radical (unpaired) electrons. The minimum absolute atomic E-state index is 0.238. The lowest BCUT2D eigenvalue weighted by atomic mass is 9.98. The second kappa shape index (κ2) is 8.51. The third-order valence-corrected chi connectivity index (χ3v) is 3.99. The fourth-order valence-electron chi connectivity index (χ4n) is 2.28. The molecule has 22 heavy (non-hydrogen) atoms. The Kier molecular flexibility index (Phi) is 7.02. The van der Waals surface area contributed by atoms with Gasteiger partial charge in [-0.05, 0) is 25.3 Å². The fourth-order valence-corrected chi connectivity index (χ4v) is 2.28. The Morgan fingerprint density at radius 1 is 1.18 bits per heavy atom. The fraction of sp³-hybridized carbons (Fsp3) is 0.588. The first-order valence-corrected chi connectivity index (χ1v) is 7.82. The van der Waals surface area contributed by atoms with Gasteiger partial charge in [0.05, 0.1) is 12.5 Å². The van der Waals surface area contributed by atoms with E-state index in [2.05, 4.69) is 13.8 Å². The van der Waals surface area contributed by atoms with Crippen LogP contribution in [-0.4, -0.2) is 27.9 Å². The molecule has 0 amide bonds. The van der Waals surface area contributed by atoms with Crippen molar-refractivity contribution in [3.05, 3.63) is 17.7 Å². The van der Waals surface area contributed by atoms with Gasteiger partial charge in [-0.15, -0.1) is 0 Å². The summed E-state index contributed by atoms with van der Waals surface area (Å²) in [5.74, 6) is -2.34. The van der Waals surface area contributed by atoms with Crippen LogP contribution in [0.2, 0.25) is 0 Å². The standard InChI is InChI=1S/C17H26O5/c1-4-6-7-12(5-2)10-22-17(21)11(3)13-8-9-14(18)16(20)15(13)19/h8-9,11-12,18-20H,4-7,10H2,1-3H3. The van der Waals surface area contributed by atoms with Gasteiger partial charge in [0.1, 0.15) is 0 Å². The van der Waals surface area contributed by atoms with Crippen molar-refractivity contribution in [2.45, 2.75) is 52.4 Å². The van der Waals surface area contributed by atoms with Crippen LogP contribution in [-0.2, 0) is 9.53 Å². The van der Waals surface area contributed by atoms with Crippen molar-refractivity contribution in [2.75, 3.05) is 6.61 Å². The van der Waals surface area contributed by atoms with Gasteiger partial charge in [0.15, 0.2) is 11.5 Å². The highest BCUT2D eigenvalue weighted by Crippen LogP contribution is 2.40. The van der Waals surface area contributed by atoms with E-state index in [4.69, 9.17) is 4.74 Å². The minimum Gasteiger partial charge on any atom is -0.504 e. The quantitative estimate of drug-likeness (QED) is 0.504. The van der Waals surface area contributed by atoms with Crippen LogP contribution in [0.15, 0.2) is 12.1 Å². The lowest BCUT2D eigenvalue weighted by Gasteiger charge is -2.18. The summed E-state index contributed by atoms with van der Waals surface area (Å²) in [5, 5.41) is 28.6. The summed E-state index contributed by atoms with van der Waals surface area (Å²) in [6, 6.07) is 2.65. The van der Waals surface area contributed by atoms with Crippen molar-refractivity contribution in [2.24, 2.45) is 5.92 Å². The molecule has 0 saturated heterocycles. The zero-order valence-electron chi connectivity index (χ0n) is 13.5. The first kappa shape index (κ1) is 18.1. The van der Waals surface area contributed by atoms with Crippen LogP contribution >= 0.6 is 0 Å². The second-order valence-electron chi connectivity index (χ2n) is 5.64. The van der Waals surface area contributed by atoms with Gasteiger partial charge in [0, 0.05) is 5.56 Å². The normalized spacial score (nSPS) is 13.6. The number of hydrogen-bond donors (Lipinski definition) is 3. The van der Waals surface area contributed by atoms with E-state index in [-0.39, 0.29) is 5.56 Å². The van der Waals surface area contributed by atoms with Gasteiger partial charge in [-0.1, -0.05) is 39.2 Å². The Balaban J connectivity index is 2.67. The first-order chi connectivity index (χ1) is 10.4. The largest absolute Gasteiger partial charge is 0.504 e. The number of aromatic hydroxyl groups is 3. The smallest absolute Gasteiger partial charge is 0.313 e. The van der Waals surface area contributed by atoms with Gasteiger partial charge >= 0.3 is 5.97 Å². The van der Waals surface area contributed by atoms with E-state index in [1.165, 1.54) is 12.1 Å². The summed E-state index contributed by atoms with van der Waals surface area (Å²) < 4.78 is 5.34. The van der Waals surface area contributed by atoms with Crippen molar-refractivity contribution in [3.63, 3.8) is 0 Å². The van der Waals surface area contributed by atoms with E-state index in [0.29, 0.717) is 12.5 Å². The number of phenolic OH excluding ortho intramolecular Hbond substituents is 3. The highest BCUT2D eigenvalue weighted by atomic mass is 16.5. The van der Waals surface area contributed by atoms with Crippen LogP contribution in [0, 0.1) is 5.92 Å². The lowest BCUT2D eigenvalue weighted by molar-refractivity contribution is -0.146. The molecule has 3 N–H and O–H groups in total. The monoisotopic (exact) mass is 310 g/mol. The Morgan fingerprint density at radius 2 is 1.86 bits per heavy atom.